The second-order valence-corrected chi connectivity index (χ2v) is 8.45. The Balaban J connectivity index is 1.63. The number of benzene rings is 1. The number of ketones is 1. The first-order valence-corrected chi connectivity index (χ1v) is 11.0. The number of carbonyl (C=O) groups is 2. The van der Waals surface area contributed by atoms with E-state index in [1.807, 2.05) is 30.3 Å². The molecular formula is C24H34N2O4. The first-order valence-electron chi connectivity index (χ1n) is 11.0. The maximum atomic E-state index is 13.0. The third kappa shape index (κ3) is 6.49. The summed E-state index contributed by atoms with van der Waals surface area (Å²) in [5.41, 5.74) is 1.12. The van der Waals surface area contributed by atoms with Crippen molar-refractivity contribution in [1.29, 1.82) is 0 Å². The van der Waals surface area contributed by atoms with Crippen molar-refractivity contribution in [3.05, 3.63) is 48.0 Å². The van der Waals surface area contributed by atoms with Crippen LogP contribution in [-0.4, -0.2) is 72.0 Å². The molecule has 0 radical (unpaired) electrons. The Labute approximate surface area is 179 Å². The molecule has 30 heavy (non-hydrogen) atoms. The molecule has 6 heteroatoms. The van der Waals surface area contributed by atoms with Gasteiger partial charge in [-0.05, 0) is 31.9 Å². The van der Waals surface area contributed by atoms with Crippen LogP contribution in [0, 0.1) is 5.92 Å². The maximum Gasteiger partial charge on any atom is 0.303 e. The number of unbranched alkanes of at least 4 members (excludes halogenated alkanes) is 1. The van der Waals surface area contributed by atoms with Gasteiger partial charge in [-0.25, -0.2) is 0 Å². The van der Waals surface area contributed by atoms with Crippen molar-refractivity contribution in [3.63, 3.8) is 0 Å². The Hall–Kier alpha value is -2.02. The summed E-state index contributed by atoms with van der Waals surface area (Å²) in [7, 11) is 2.12. The fourth-order valence-corrected chi connectivity index (χ4v) is 4.47. The molecule has 3 atom stereocenters. The van der Waals surface area contributed by atoms with Gasteiger partial charge >= 0.3 is 5.97 Å². The van der Waals surface area contributed by atoms with E-state index in [-0.39, 0.29) is 24.5 Å². The number of hydrogen-bond donors (Lipinski definition) is 1. The monoisotopic (exact) mass is 414 g/mol. The Morgan fingerprint density at radius 1 is 1.17 bits per heavy atom. The van der Waals surface area contributed by atoms with Gasteiger partial charge in [-0.1, -0.05) is 42.5 Å². The number of likely N-dealkylation sites (N-methyl/N-ethyl adjacent to an activating group) is 1. The topological polar surface area (TPSA) is 70.1 Å². The lowest BCUT2D eigenvalue weighted by atomic mass is 9.94. The van der Waals surface area contributed by atoms with Gasteiger partial charge in [-0.3, -0.25) is 14.5 Å². The minimum absolute atomic E-state index is 0.0777. The summed E-state index contributed by atoms with van der Waals surface area (Å²) in [4.78, 5) is 28.3. The van der Waals surface area contributed by atoms with Crippen molar-refractivity contribution in [2.75, 3.05) is 33.2 Å². The van der Waals surface area contributed by atoms with Gasteiger partial charge in [0.15, 0.2) is 5.78 Å². The van der Waals surface area contributed by atoms with Crippen LogP contribution in [0.3, 0.4) is 0 Å². The lowest BCUT2D eigenvalue weighted by Gasteiger charge is -2.38. The molecule has 0 bridgehead atoms. The number of rotatable bonds is 10. The minimum Gasteiger partial charge on any atom is -0.481 e. The maximum absolute atomic E-state index is 13.0. The van der Waals surface area contributed by atoms with E-state index in [4.69, 9.17) is 9.84 Å². The largest absolute Gasteiger partial charge is 0.481 e. The Morgan fingerprint density at radius 3 is 2.60 bits per heavy atom. The summed E-state index contributed by atoms with van der Waals surface area (Å²) in [5.74, 6) is -0.323. The molecule has 1 aliphatic carbocycles. The molecule has 1 N–H and O–H groups in total. The highest BCUT2D eigenvalue weighted by atomic mass is 16.5. The average Bonchev–Trinajstić information content (AvgIpc) is 3.05. The highest BCUT2D eigenvalue weighted by Gasteiger charge is 2.45. The van der Waals surface area contributed by atoms with Gasteiger partial charge in [-0.15, -0.1) is 0 Å². The van der Waals surface area contributed by atoms with Gasteiger partial charge in [0, 0.05) is 44.9 Å². The molecule has 6 nitrogen and oxygen atoms in total. The third-order valence-electron chi connectivity index (χ3n) is 6.19. The highest BCUT2D eigenvalue weighted by Crippen LogP contribution is 2.34. The van der Waals surface area contributed by atoms with Crippen molar-refractivity contribution >= 4 is 11.8 Å². The van der Waals surface area contributed by atoms with Crippen molar-refractivity contribution in [3.8, 4) is 0 Å². The second-order valence-electron chi connectivity index (χ2n) is 8.45. The molecule has 164 valence electrons. The number of allylic oxidation sites excluding steroid dienone is 2. The Morgan fingerprint density at radius 2 is 1.90 bits per heavy atom. The average molecular weight is 415 g/mol. The quantitative estimate of drug-likeness (QED) is 0.469. The van der Waals surface area contributed by atoms with Gasteiger partial charge in [-0.2, -0.15) is 0 Å². The summed E-state index contributed by atoms with van der Waals surface area (Å²) in [6.07, 6.45) is 6.95. The van der Waals surface area contributed by atoms with Gasteiger partial charge in [0.1, 0.15) is 0 Å². The Bertz CT molecular complexity index is 713. The number of hydrogen-bond acceptors (Lipinski definition) is 5. The van der Waals surface area contributed by atoms with Gasteiger partial charge in [0.2, 0.25) is 0 Å². The zero-order valence-electron chi connectivity index (χ0n) is 17.9. The first-order chi connectivity index (χ1) is 14.5. The lowest BCUT2D eigenvalue weighted by molar-refractivity contribution is -0.137. The number of ether oxygens (including phenoxy) is 1. The number of aliphatic carboxylic acids is 1. The molecule has 2 fully saturated rings. The van der Waals surface area contributed by atoms with Crippen molar-refractivity contribution < 1.29 is 19.4 Å². The summed E-state index contributed by atoms with van der Waals surface area (Å²) in [6, 6.07) is 10.0. The standard InChI is InChI=1S/C24H34N2O4/c1-25-13-15-26(16-14-25)24-20(11-7-2-3-8-12-23(28)29)22(17-21(24)27)30-18-19-9-5-4-6-10-19/h2,4-7,9-10,20,22,24H,3,8,11-18H2,1H3,(H,28,29)/b7-2-/t20-,22-,24+/m1/s1. The lowest BCUT2D eigenvalue weighted by Crippen LogP contribution is -2.52. The van der Waals surface area contributed by atoms with Crippen LogP contribution in [0.1, 0.15) is 37.7 Å². The van der Waals surface area contributed by atoms with Crippen molar-refractivity contribution in [2.45, 2.75) is 50.9 Å². The van der Waals surface area contributed by atoms with E-state index < -0.39 is 5.97 Å². The predicted molar refractivity (Wildman–Crippen MR) is 116 cm³/mol. The van der Waals surface area contributed by atoms with Gasteiger partial charge < -0.3 is 14.7 Å². The second kappa shape index (κ2) is 11.4. The summed E-state index contributed by atoms with van der Waals surface area (Å²) < 4.78 is 6.25. The molecule has 1 aromatic carbocycles. The molecule has 2 aliphatic rings. The summed E-state index contributed by atoms with van der Waals surface area (Å²) in [6.45, 7) is 4.31. The zero-order chi connectivity index (χ0) is 21.3. The fraction of sp³-hybridized carbons (Fsp3) is 0.583. The first kappa shape index (κ1) is 22.7. The third-order valence-corrected chi connectivity index (χ3v) is 6.19. The van der Waals surface area contributed by atoms with Crippen LogP contribution in [0.2, 0.25) is 0 Å². The van der Waals surface area contributed by atoms with E-state index in [9.17, 15) is 9.59 Å². The molecule has 0 aromatic heterocycles. The minimum atomic E-state index is -0.755. The van der Waals surface area contributed by atoms with E-state index in [0.717, 1.165) is 44.6 Å². The van der Waals surface area contributed by atoms with Gasteiger partial charge in [0.05, 0.1) is 18.8 Å². The van der Waals surface area contributed by atoms with Crippen LogP contribution in [-0.2, 0) is 20.9 Å². The molecule has 1 saturated carbocycles. The molecule has 1 aliphatic heterocycles. The number of carboxylic acid groups (broad SMARTS) is 1. The molecule has 1 heterocycles. The van der Waals surface area contributed by atoms with Gasteiger partial charge in [0.25, 0.3) is 0 Å². The van der Waals surface area contributed by atoms with Crippen LogP contribution in [0.5, 0.6) is 0 Å². The van der Waals surface area contributed by atoms with E-state index in [1.54, 1.807) is 0 Å². The zero-order valence-corrected chi connectivity index (χ0v) is 17.9. The fourth-order valence-electron chi connectivity index (χ4n) is 4.47. The highest BCUT2D eigenvalue weighted by molar-refractivity contribution is 5.87. The number of Topliss-reactive ketones (excluding diaryl/α,β-unsaturated/α-hetero) is 1. The molecule has 0 amide bonds. The van der Waals surface area contributed by atoms with E-state index >= 15 is 0 Å². The van der Waals surface area contributed by atoms with Crippen molar-refractivity contribution in [1.82, 2.24) is 9.80 Å². The van der Waals surface area contributed by atoms with Crippen LogP contribution in [0.25, 0.3) is 0 Å². The normalized spacial score (nSPS) is 25.9. The van der Waals surface area contributed by atoms with Crippen LogP contribution in [0.4, 0.5) is 0 Å². The Kier molecular flexibility index (Phi) is 8.61. The molecule has 0 unspecified atom stereocenters. The molecule has 3 rings (SSSR count). The molecule has 1 saturated heterocycles. The van der Waals surface area contributed by atoms with Crippen LogP contribution >= 0.6 is 0 Å². The predicted octanol–water partition coefficient (Wildman–Crippen LogP) is 2.98. The molecular weight excluding hydrogens is 380 g/mol. The number of piperazine rings is 1. The summed E-state index contributed by atoms with van der Waals surface area (Å²) >= 11 is 0. The molecule has 1 aromatic rings. The van der Waals surface area contributed by atoms with Crippen molar-refractivity contribution in [2.24, 2.45) is 5.92 Å². The smallest absolute Gasteiger partial charge is 0.303 e. The number of nitrogens with zero attached hydrogens (tertiary/aromatic N) is 2. The summed E-state index contributed by atoms with van der Waals surface area (Å²) in [5, 5.41) is 8.77. The van der Waals surface area contributed by atoms with E-state index in [1.165, 1.54) is 0 Å². The van der Waals surface area contributed by atoms with Crippen LogP contribution < -0.4 is 0 Å². The number of carbonyl (C=O) groups excluding carboxylic acids is 1. The number of carboxylic acids is 1. The molecule has 0 spiro atoms. The van der Waals surface area contributed by atoms with E-state index in [2.05, 4.69) is 29.0 Å². The van der Waals surface area contributed by atoms with E-state index in [0.29, 0.717) is 25.2 Å². The SMILES string of the molecule is CN1CCN([C@@H]2C(=O)C[C@@H](OCc3ccccc3)[C@H]2C/C=C\CCCC(=O)O)CC1. The van der Waals surface area contributed by atoms with Crippen LogP contribution in [0.15, 0.2) is 42.5 Å².